The Balaban J connectivity index is 2.66. The fraction of sp³-hybridized carbons (Fsp3) is 0.556. The summed E-state index contributed by atoms with van der Waals surface area (Å²) in [5.41, 5.74) is -0.296. The van der Waals surface area contributed by atoms with E-state index in [9.17, 15) is 23.7 Å². The van der Waals surface area contributed by atoms with Crippen molar-refractivity contribution in [3.63, 3.8) is 0 Å². The van der Waals surface area contributed by atoms with Gasteiger partial charge in [-0.3, -0.25) is 19.6 Å². The van der Waals surface area contributed by atoms with Gasteiger partial charge in [-0.05, 0) is 0 Å². The first-order valence-corrected chi connectivity index (χ1v) is 5.27. The Kier molecular flexibility index (Phi) is 5.30. The largest absolute Gasteiger partial charge is 0.395 e. The minimum Gasteiger partial charge on any atom is -0.395 e. The second kappa shape index (κ2) is 6.73. The molecule has 0 saturated heterocycles. The van der Waals surface area contributed by atoms with Crippen molar-refractivity contribution in [1.29, 1.82) is 0 Å². The van der Waals surface area contributed by atoms with E-state index in [-0.39, 0.29) is 12.2 Å². The molecule has 0 aliphatic rings. The maximum absolute atomic E-state index is 12.2. The summed E-state index contributed by atoms with van der Waals surface area (Å²) in [5, 5.41) is 22.7. The molecule has 0 radical (unpaired) electrons. The molecular weight excluding hydrogens is 266 g/mol. The van der Waals surface area contributed by atoms with Crippen molar-refractivity contribution in [3.05, 3.63) is 22.5 Å². The van der Waals surface area contributed by atoms with Crippen LogP contribution in [0, 0.1) is 10.1 Å². The van der Waals surface area contributed by atoms with Crippen LogP contribution in [0.5, 0.6) is 0 Å². The number of aliphatic hydroxyl groups excluding tert-OH is 1. The second-order valence-corrected chi connectivity index (χ2v) is 3.61. The zero-order valence-corrected chi connectivity index (χ0v) is 9.78. The van der Waals surface area contributed by atoms with Gasteiger partial charge in [-0.25, -0.2) is 8.78 Å². The molecule has 106 valence electrons. The van der Waals surface area contributed by atoms with Crippen molar-refractivity contribution >= 4 is 11.6 Å². The van der Waals surface area contributed by atoms with Gasteiger partial charge in [-0.1, -0.05) is 0 Å². The molecule has 0 atom stereocenters. The number of halogens is 2. The number of rotatable bonds is 7. The first-order valence-electron chi connectivity index (χ1n) is 5.27. The van der Waals surface area contributed by atoms with Crippen LogP contribution in [-0.4, -0.2) is 56.7 Å². The van der Waals surface area contributed by atoms with Gasteiger partial charge in [0.2, 0.25) is 5.91 Å². The molecule has 8 nitrogen and oxygen atoms in total. The lowest BCUT2D eigenvalue weighted by Gasteiger charge is -2.21. The SMILES string of the molecule is O=C(Cn1cc([N+](=O)[O-])cn1)N(CCO)CC(F)F. The molecule has 1 rings (SSSR count). The van der Waals surface area contributed by atoms with Crippen LogP contribution < -0.4 is 0 Å². The smallest absolute Gasteiger partial charge is 0.307 e. The first-order chi connectivity index (χ1) is 8.93. The molecule has 1 heterocycles. The fourth-order valence-corrected chi connectivity index (χ4v) is 1.38. The number of alkyl halides is 2. The van der Waals surface area contributed by atoms with E-state index in [2.05, 4.69) is 5.10 Å². The first kappa shape index (κ1) is 15.0. The molecule has 0 bridgehead atoms. The number of carbonyl (C=O) groups excluding carboxylic acids is 1. The van der Waals surface area contributed by atoms with Crippen LogP contribution in [0.3, 0.4) is 0 Å². The van der Waals surface area contributed by atoms with E-state index in [4.69, 9.17) is 5.11 Å². The number of hydrogen-bond donors (Lipinski definition) is 1. The Labute approximate surface area is 106 Å². The average Bonchev–Trinajstić information content (AvgIpc) is 2.76. The summed E-state index contributed by atoms with van der Waals surface area (Å²) in [5.74, 6) is -0.702. The number of hydrogen-bond acceptors (Lipinski definition) is 5. The molecule has 0 aromatic carbocycles. The van der Waals surface area contributed by atoms with Crippen LogP contribution in [-0.2, 0) is 11.3 Å². The maximum Gasteiger partial charge on any atom is 0.307 e. The van der Waals surface area contributed by atoms with E-state index in [0.29, 0.717) is 0 Å². The van der Waals surface area contributed by atoms with Gasteiger partial charge in [0, 0.05) is 6.54 Å². The van der Waals surface area contributed by atoms with Crippen molar-refractivity contribution in [2.24, 2.45) is 0 Å². The summed E-state index contributed by atoms with van der Waals surface area (Å²) in [6.07, 6.45) is -0.740. The van der Waals surface area contributed by atoms with E-state index in [0.717, 1.165) is 22.0 Å². The van der Waals surface area contributed by atoms with Gasteiger partial charge >= 0.3 is 5.69 Å². The van der Waals surface area contributed by atoms with Gasteiger partial charge in [0.1, 0.15) is 18.9 Å². The summed E-state index contributed by atoms with van der Waals surface area (Å²) in [6.45, 7) is -1.88. The molecule has 1 aromatic rings. The molecule has 1 amide bonds. The molecule has 0 spiro atoms. The van der Waals surface area contributed by atoms with Crippen molar-refractivity contribution in [1.82, 2.24) is 14.7 Å². The van der Waals surface area contributed by atoms with Gasteiger partial charge in [0.15, 0.2) is 0 Å². The summed E-state index contributed by atoms with van der Waals surface area (Å²) >= 11 is 0. The van der Waals surface area contributed by atoms with Crippen LogP contribution in [0.15, 0.2) is 12.4 Å². The van der Waals surface area contributed by atoms with Crippen molar-refractivity contribution < 1.29 is 23.6 Å². The molecule has 0 aliphatic carbocycles. The van der Waals surface area contributed by atoms with Gasteiger partial charge < -0.3 is 10.0 Å². The zero-order valence-electron chi connectivity index (χ0n) is 9.78. The Hall–Kier alpha value is -2.10. The Morgan fingerprint density at radius 3 is 2.79 bits per heavy atom. The van der Waals surface area contributed by atoms with Gasteiger partial charge in [0.05, 0.1) is 18.1 Å². The fourth-order valence-electron chi connectivity index (χ4n) is 1.38. The number of nitro groups is 1. The van der Waals surface area contributed by atoms with Crippen LogP contribution in [0.1, 0.15) is 0 Å². The molecular formula is C9H12F2N4O4. The predicted molar refractivity (Wildman–Crippen MR) is 58.6 cm³/mol. The summed E-state index contributed by atoms with van der Waals surface area (Å²) in [4.78, 5) is 22.2. The van der Waals surface area contributed by atoms with Gasteiger partial charge in [0.25, 0.3) is 6.43 Å². The highest BCUT2D eigenvalue weighted by Crippen LogP contribution is 2.08. The standard InChI is InChI=1S/C9H12F2N4O4/c10-8(11)5-13(1-2-16)9(17)6-14-4-7(3-12-14)15(18)19/h3-4,8,16H,1-2,5-6H2. The lowest BCUT2D eigenvalue weighted by Crippen LogP contribution is -2.39. The highest BCUT2D eigenvalue weighted by atomic mass is 19.3. The minimum atomic E-state index is -2.72. The van der Waals surface area contributed by atoms with Crippen LogP contribution in [0.4, 0.5) is 14.5 Å². The molecule has 10 heteroatoms. The normalized spacial score (nSPS) is 10.7. The third-order valence-electron chi connectivity index (χ3n) is 2.21. The number of aromatic nitrogens is 2. The summed E-state index contributed by atoms with van der Waals surface area (Å²) in [7, 11) is 0. The highest BCUT2D eigenvalue weighted by Gasteiger charge is 2.19. The quantitative estimate of drug-likeness (QED) is 0.553. The van der Waals surface area contributed by atoms with Gasteiger partial charge in [-0.15, -0.1) is 0 Å². The van der Waals surface area contributed by atoms with E-state index in [1.807, 2.05) is 0 Å². The average molecular weight is 278 g/mol. The molecule has 0 unspecified atom stereocenters. The van der Waals surface area contributed by atoms with Crippen LogP contribution >= 0.6 is 0 Å². The van der Waals surface area contributed by atoms with E-state index >= 15 is 0 Å². The van der Waals surface area contributed by atoms with Crippen LogP contribution in [0.25, 0.3) is 0 Å². The Morgan fingerprint density at radius 2 is 2.32 bits per heavy atom. The molecule has 1 N–H and O–H groups in total. The van der Waals surface area contributed by atoms with Crippen molar-refractivity contribution in [3.8, 4) is 0 Å². The number of carbonyl (C=O) groups is 1. The predicted octanol–water partition coefficient (Wildman–Crippen LogP) is -0.123. The summed E-state index contributed by atoms with van der Waals surface area (Å²) in [6, 6.07) is 0. The minimum absolute atomic E-state index is 0.230. The molecule has 1 aromatic heterocycles. The van der Waals surface area contributed by atoms with Crippen molar-refractivity contribution in [2.45, 2.75) is 13.0 Å². The lowest BCUT2D eigenvalue weighted by molar-refractivity contribution is -0.385. The number of amides is 1. The monoisotopic (exact) mass is 278 g/mol. The number of nitrogens with zero attached hydrogens (tertiary/aromatic N) is 4. The van der Waals surface area contributed by atoms with Gasteiger partial charge in [-0.2, -0.15) is 5.10 Å². The zero-order chi connectivity index (χ0) is 14.4. The summed E-state index contributed by atoms with van der Waals surface area (Å²) < 4.78 is 25.4. The van der Waals surface area contributed by atoms with Crippen LogP contribution in [0.2, 0.25) is 0 Å². The Morgan fingerprint density at radius 1 is 1.63 bits per heavy atom. The maximum atomic E-state index is 12.2. The topological polar surface area (TPSA) is 102 Å². The van der Waals surface area contributed by atoms with E-state index in [1.54, 1.807) is 0 Å². The second-order valence-electron chi connectivity index (χ2n) is 3.61. The third kappa shape index (κ3) is 4.58. The molecule has 0 aliphatic heterocycles. The molecule has 0 saturated carbocycles. The number of aliphatic hydroxyl groups is 1. The Bertz CT molecular complexity index is 451. The van der Waals surface area contributed by atoms with Crippen molar-refractivity contribution in [2.75, 3.05) is 19.7 Å². The molecule has 19 heavy (non-hydrogen) atoms. The lowest BCUT2D eigenvalue weighted by atomic mass is 10.4. The van der Waals surface area contributed by atoms with E-state index in [1.165, 1.54) is 0 Å². The highest BCUT2D eigenvalue weighted by molar-refractivity contribution is 5.76. The third-order valence-corrected chi connectivity index (χ3v) is 2.21. The van der Waals surface area contributed by atoms with E-state index < -0.39 is 37.0 Å². The molecule has 0 fully saturated rings.